The molecule has 41 heavy (non-hydrogen) atoms. The molecule has 0 aliphatic carbocycles. The van der Waals surface area contributed by atoms with Crippen molar-refractivity contribution in [2.75, 3.05) is 25.0 Å². The van der Waals surface area contributed by atoms with Crippen molar-refractivity contribution in [2.45, 2.75) is 51.7 Å². The Bertz CT molecular complexity index is 1390. The van der Waals surface area contributed by atoms with Crippen LogP contribution in [0.15, 0.2) is 54.7 Å². The second-order valence-corrected chi connectivity index (χ2v) is 11.1. The smallest absolute Gasteiger partial charge is 0.408 e. The number of para-hydroxylation sites is 1. The SMILES string of the molecule is CC(C)(C)OC(=O)NCC(=O)N1CCC(C(=O)NC(Cc2c[nH]c3ccccc23)C(=O)Nc2ccc(F)cc2)CC1. The molecule has 1 aliphatic heterocycles. The van der Waals surface area contributed by atoms with E-state index in [0.717, 1.165) is 16.5 Å². The second-order valence-electron chi connectivity index (χ2n) is 11.1. The third-order valence-corrected chi connectivity index (χ3v) is 6.84. The summed E-state index contributed by atoms with van der Waals surface area (Å²) < 4.78 is 18.5. The number of hydrogen-bond donors (Lipinski definition) is 4. The van der Waals surface area contributed by atoms with Gasteiger partial charge in [0.2, 0.25) is 17.7 Å². The summed E-state index contributed by atoms with van der Waals surface area (Å²) in [6, 6.07) is 12.2. The maximum atomic E-state index is 13.4. The zero-order valence-corrected chi connectivity index (χ0v) is 23.5. The summed E-state index contributed by atoms with van der Waals surface area (Å²) in [7, 11) is 0. The molecule has 3 aromatic rings. The van der Waals surface area contributed by atoms with Crippen LogP contribution in [0.3, 0.4) is 0 Å². The molecule has 1 fully saturated rings. The van der Waals surface area contributed by atoms with Crippen LogP contribution in [-0.2, 0) is 25.5 Å². The highest BCUT2D eigenvalue weighted by Crippen LogP contribution is 2.22. The van der Waals surface area contributed by atoms with Gasteiger partial charge in [-0.2, -0.15) is 0 Å². The number of fused-ring (bicyclic) bond motifs is 1. The summed E-state index contributed by atoms with van der Waals surface area (Å²) in [5, 5.41) is 9.10. The van der Waals surface area contributed by atoms with Crippen molar-refractivity contribution in [3.8, 4) is 0 Å². The maximum absolute atomic E-state index is 13.4. The first-order chi connectivity index (χ1) is 19.5. The number of aromatic amines is 1. The van der Waals surface area contributed by atoms with E-state index in [4.69, 9.17) is 4.74 Å². The van der Waals surface area contributed by atoms with Crippen LogP contribution >= 0.6 is 0 Å². The number of anilines is 1. The van der Waals surface area contributed by atoms with Crippen LogP contribution in [-0.4, -0.2) is 65.0 Å². The zero-order chi connectivity index (χ0) is 29.6. The van der Waals surface area contributed by atoms with E-state index in [0.29, 0.717) is 31.6 Å². The monoisotopic (exact) mass is 565 g/mol. The van der Waals surface area contributed by atoms with Crippen molar-refractivity contribution in [3.05, 3.63) is 66.1 Å². The van der Waals surface area contributed by atoms with Gasteiger partial charge in [-0.1, -0.05) is 18.2 Å². The first-order valence-corrected chi connectivity index (χ1v) is 13.6. The first-order valence-electron chi connectivity index (χ1n) is 13.6. The van der Waals surface area contributed by atoms with Crippen LogP contribution in [0.4, 0.5) is 14.9 Å². The minimum atomic E-state index is -0.885. The summed E-state index contributed by atoms with van der Waals surface area (Å²) >= 11 is 0. The number of carbonyl (C=O) groups excluding carboxylic acids is 4. The fourth-order valence-electron chi connectivity index (χ4n) is 4.75. The number of aromatic nitrogens is 1. The number of carbonyl (C=O) groups is 4. The van der Waals surface area contributed by atoms with Crippen LogP contribution in [0.1, 0.15) is 39.2 Å². The van der Waals surface area contributed by atoms with Crippen molar-refractivity contribution in [1.82, 2.24) is 20.5 Å². The Labute approximate surface area is 238 Å². The third kappa shape index (κ3) is 8.29. The van der Waals surface area contributed by atoms with Crippen LogP contribution in [0.25, 0.3) is 10.9 Å². The quantitative estimate of drug-likeness (QED) is 0.330. The topological polar surface area (TPSA) is 133 Å². The highest BCUT2D eigenvalue weighted by atomic mass is 19.1. The lowest BCUT2D eigenvalue weighted by atomic mass is 9.94. The number of alkyl carbamates (subject to hydrolysis) is 1. The fourth-order valence-corrected chi connectivity index (χ4v) is 4.75. The van der Waals surface area contributed by atoms with Gasteiger partial charge in [0, 0.05) is 48.2 Å². The zero-order valence-electron chi connectivity index (χ0n) is 23.5. The van der Waals surface area contributed by atoms with E-state index in [1.807, 2.05) is 30.5 Å². The van der Waals surface area contributed by atoms with Crippen molar-refractivity contribution in [3.63, 3.8) is 0 Å². The number of nitrogens with zero attached hydrogens (tertiary/aromatic N) is 1. The van der Waals surface area contributed by atoms with Gasteiger partial charge in [0.1, 0.15) is 24.0 Å². The number of H-pyrrole nitrogens is 1. The number of likely N-dealkylation sites (tertiary alicyclic amines) is 1. The molecule has 1 aromatic heterocycles. The van der Waals surface area contributed by atoms with Crippen LogP contribution in [0, 0.1) is 11.7 Å². The number of rotatable bonds is 8. The Morgan fingerprint density at radius 1 is 1.05 bits per heavy atom. The number of ether oxygens (including phenoxy) is 1. The predicted octanol–water partition coefficient (Wildman–Crippen LogP) is 3.74. The Kier molecular flexibility index (Phi) is 9.26. The first kappa shape index (κ1) is 29.6. The van der Waals surface area contributed by atoms with Gasteiger partial charge in [-0.15, -0.1) is 0 Å². The molecule has 1 unspecified atom stereocenters. The number of hydrogen-bond acceptors (Lipinski definition) is 5. The fraction of sp³-hybridized carbons (Fsp3) is 0.400. The molecule has 0 bridgehead atoms. The molecule has 218 valence electrons. The van der Waals surface area contributed by atoms with Crippen LogP contribution in [0.5, 0.6) is 0 Å². The molecule has 11 heteroatoms. The number of piperidine rings is 1. The van der Waals surface area contributed by atoms with Crippen molar-refractivity contribution >= 4 is 40.4 Å². The Hall–Kier alpha value is -4.41. The molecule has 1 aliphatic rings. The number of benzene rings is 2. The summed E-state index contributed by atoms with van der Waals surface area (Å²) in [6.45, 7) is 5.72. The van der Waals surface area contributed by atoms with Gasteiger partial charge in [-0.25, -0.2) is 9.18 Å². The molecular formula is C30H36FN5O5. The standard InChI is InChI=1S/C30H36FN5O5/c1-30(2,3)41-29(40)33-18-26(37)36-14-12-19(13-15-36)27(38)35-25(28(39)34-22-10-8-21(31)9-11-22)16-20-17-32-24-7-5-4-6-23(20)24/h4-11,17,19,25,32H,12-16,18H2,1-3H3,(H,33,40)(H,34,39)(H,35,38). The van der Waals surface area contributed by atoms with Gasteiger partial charge >= 0.3 is 6.09 Å². The molecule has 4 N–H and O–H groups in total. The molecule has 10 nitrogen and oxygen atoms in total. The van der Waals surface area contributed by atoms with Crippen LogP contribution in [0.2, 0.25) is 0 Å². The molecule has 1 saturated heterocycles. The van der Waals surface area contributed by atoms with Crippen LogP contribution < -0.4 is 16.0 Å². The number of halogens is 1. The largest absolute Gasteiger partial charge is 0.444 e. The average Bonchev–Trinajstić information content (AvgIpc) is 3.34. The third-order valence-electron chi connectivity index (χ3n) is 6.84. The molecule has 4 amide bonds. The number of amides is 4. The van der Waals surface area contributed by atoms with Gasteiger partial charge < -0.3 is 30.6 Å². The van der Waals surface area contributed by atoms with E-state index in [2.05, 4.69) is 20.9 Å². The molecule has 0 saturated carbocycles. The Balaban J connectivity index is 1.36. The lowest BCUT2D eigenvalue weighted by Crippen LogP contribution is -2.50. The Morgan fingerprint density at radius 3 is 2.41 bits per heavy atom. The van der Waals surface area contributed by atoms with E-state index in [9.17, 15) is 23.6 Å². The van der Waals surface area contributed by atoms with Gasteiger partial charge in [-0.05, 0) is 69.5 Å². The lowest BCUT2D eigenvalue weighted by molar-refractivity contribution is -0.135. The Morgan fingerprint density at radius 2 is 1.73 bits per heavy atom. The molecule has 0 radical (unpaired) electrons. The van der Waals surface area contributed by atoms with E-state index < -0.39 is 29.5 Å². The van der Waals surface area contributed by atoms with Crippen molar-refractivity contribution in [1.29, 1.82) is 0 Å². The summed E-state index contributed by atoms with van der Waals surface area (Å²) in [4.78, 5) is 55.8. The van der Waals surface area contributed by atoms with E-state index >= 15 is 0 Å². The number of nitrogens with one attached hydrogen (secondary N) is 4. The molecule has 2 heterocycles. The minimum Gasteiger partial charge on any atom is -0.444 e. The predicted molar refractivity (Wildman–Crippen MR) is 153 cm³/mol. The van der Waals surface area contributed by atoms with Crippen molar-refractivity contribution in [2.24, 2.45) is 5.92 Å². The summed E-state index contributed by atoms with van der Waals surface area (Å²) in [5.41, 5.74) is 1.55. The molecule has 4 rings (SSSR count). The lowest BCUT2D eigenvalue weighted by Gasteiger charge is -2.32. The minimum absolute atomic E-state index is 0.192. The van der Waals surface area contributed by atoms with Gasteiger partial charge in [0.15, 0.2) is 0 Å². The van der Waals surface area contributed by atoms with Gasteiger partial charge in [-0.3, -0.25) is 14.4 Å². The van der Waals surface area contributed by atoms with Gasteiger partial charge in [0.05, 0.1) is 0 Å². The van der Waals surface area contributed by atoms with Gasteiger partial charge in [0.25, 0.3) is 0 Å². The molecular weight excluding hydrogens is 529 g/mol. The molecule has 2 aromatic carbocycles. The highest BCUT2D eigenvalue weighted by Gasteiger charge is 2.31. The molecule has 1 atom stereocenters. The summed E-state index contributed by atoms with van der Waals surface area (Å²) in [6.07, 6.45) is 2.24. The highest BCUT2D eigenvalue weighted by molar-refractivity contribution is 5.98. The normalized spacial score (nSPS) is 14.8. The van der Waals surface area contributed by atoms with E-state index in [1.165, 1.54) is 24.3 Å². The second kappa shape index (κ2) is 12.8. The van der Waals surface area contributed by atoms with E-state index in [-0.39, 0.29) is 30.7 Å². The maximum Gasteiger partial charge on any atom is 0.408 e. The van der Waals surface area contributed by atoms with Crippen molar-refractivity contribution < 1.29 is 28.3 Å². The molecule has 0 spiro atoms. The average molecular weight is 566 g/mol. The summed E-state index contributed by atoms with van der Waals surface area (Å²) in [5.74, 6) is -1.76. The van der Waals surface area contributed by atoms with E-state index in [1.54, 1.807) is 25.7 Å².